The molecule has 2 aliphatic carbocycles. The van der Waals surface area contributed by atoms with Gasteiger partial charge in [-0.1, -0.05) is 107 Å². The van der Waals surface area contributed by atoms with Gasteiger partial charge in [0.2, 0.25) is 29.5 Å². The highest BCUT2D eigenvalue weighted by Gasteiger charge is 2.47. The van der Waals surface area contributed by atoms with Gasteiger partial charge < -0.3 is 47.4 Å². The monoisotopic (exact) mass is 1160 g/mol. The summed E-state index contributed by atoms with van der Waals surface area (Å²) in [6.07, 6.45) is 4.31. The van der Waals surface area contributed by atoms with Crippen LogP contribution in [0.1, 0.15) is 147 Å². The summed E-state index contributed by atoms with van der Waals surface area (Å²) in [5.41, 5.74) is 11.4. The Bertz CT molecular complexity index is 3350. The number of likely N-dealkylation sites (N-methyl/N-ethyl adjacent to an activating group) is 2. The minimum atomic E-state index is -1.08. The largest absolute Gasteiger partial charge is 0.347 e. The van der Waals surface area contributed by atoms with Crippen LogP contribution in [0.25, 0.3) is 10.2 Å². The second-order valence-corrected chi connectivity index (χ2v) is 26.0. The Kier molecular flexibility index (Phi) is 18.4. The van der Waals surface area contributed by atoms with Crippen LogP contribution in [0.2, 0.25) is 0 Å². The van der Waals surface area contributed by atoms with E-state index in [9.17, 15) is 38.4 Å². The molecule has 9 rings (SSSR count). The second kappa shape index (κ2) is 25.3. The summed E-state index contributed by atoms with van der Waals surface area (Å²) in [5, 5.41) is 24.1. The molecule has 0 radical (unpaired) electrons. The molecule has 4 aromatic carbocycles. The van der Waals surface area contributed by atoms with Gasteiger partial charge in [0.1, 0.15) is 30.3 Å². The van der Waals surface area contributed by atoms with E-state index in [0.717, 1.165) is 55.2 Å². The van der Waals surface area contributed by atoms with E-state index in [2.05, 4.69) is 54.7 Å². The molecule has 1 aromatic heterocycles. The van der Waals surface area contributed by atoms with Crippen LogP contribution in [0.5, 0.6) is 0 Å². The van der Waals surface area contributed by atoms with Crippen LogP contribution < -0.4 is 48.3 Å². The van der Waals surface area contributed by atoms with E-state index in [1.165, 1.54) is 32.3 Å². The molecule has 21 heteroatoms. The first-order valence-corrected chi connectivity index (χ1v) is 30.0. The fourth-order valence-electron chi connectivity index (χ4n) is 11.9. The highest BCUT2D eigenvalue weighted by molar-refractivity contribution is 7.22. The summed E-state index contributed by atoms with van der Waals surface area (Å²) < 4.78 is 0.695. The molecule has 0 spiro atoms. The van der Waals surface area contributed by atoms with E-state index in [1.807, 2.05) is 77.9 Å². The Morgan fingerprint density at radius 2 is 1.19 bits per heavy atom. The average molecular weight is 1170 g/mol. The van der Waals surface area contributed by atoms with E-state index < -0.39 is 82.8 Å². The number of carbonyl (C=O) groups is 8. The zero-order valence-electron chi connectivity index (χ0n) is 49.4. The van der Waals surface area contributed by atoms with Gasteiger partial charge in [-0.3, -0.25) is 49.0 Å². The zero-order valence-corrected chi connectivity index (χ0v) is 50.3. The summed E-state index contributed by atoms with van der Waals surface area (Å²) >= 11 is 1.22. The van der Waals surface area contributed by atoms with Gasteiger partial charge in [0, 0.05) is 36.7 Å². The van der Waals surface area contributed by atoms with Crippen LogP contribution in [0, 0.1) is 10.8 Å². The van der Waals surface area contributed by atoms with Gasteiger partial charge in [-0.05, 0) is 141 Å². The normalized spacial score (nSPS) is 20.9. The Morgan fingerprint density at radius 1 is 0.631 bits per heavy atom. The molecule has 5 aromatic rings. The summed E-state index contributed by atoms with van der Waals surface area (Å²) in [7, 11) is 3.20. The first-order valence-electron chi connectivity index (χ1n) is 29.1. The van der Waals surface area contributed by atoms with Crippen molar-refractivity contribution in [3.63, 3.8) is 0 Å². The van der Waals surface area contributed by atoms with E-state index in [1.54, 1.807) is 57.4 Å². The average Bonchev–Trinajstić information content (AvgIpc) is 1.81. The predicted octanol–water partition coefficient (Wildman–Crippen LogP) is 5.06. The number of nitrogens with one attached hydrogen (secondary N) is 8. The Hall–Kier alpha value is -7.59. The van der Waals surface area contributed by atoms with E-state index in [-0.39, 0.29) is 72.0 Å². The molecule has 0 saturated carbocycles. The lowest BCUT2D eigenvalue weighted by atomic mass is 9.83. The molecule has 9 atom stereocenters. The maximum atomic E-state index is 14.9. The van der Waals surface area contributed by atoms with Crippen molar-refractivity contribution in [1.29, 1.82) is 0 Å². The smallest absolute Gasteiger partial charge is 0.257 e. The number of benzene rings is 4. The third kappa shape index (κ3) is 13.5. The minimum Gasteiger partial charge on any atom is -0.347 e. The van der Waals surface area contributed by atoms with E-state index in [4.69, 9.17) is 10.7 Å². The molecule has 446 valence electrons. The lowest BCUT2D eigenvalue weighted by molar-refractivity contribution is -0.147. The van der Waals surface area contributed by atoms with Crippen LogP contribution in [0.15, 0.2) is 84.9 Å². The molecule has 0 bridgehead atoms. The number of amides is 8. The fourth-order valence-corrected chi connectivity index (χ4v) is 12.8. The quantitative estimate of drug-likeness (QED) is 0.0587. The number of rotatable bonds is 16. The number of aryl methyl sites for hydroxylation is 2. The van der Waals surface area contributed by atoms with E-state index in [0.29, 0.717) is 15.8 Å². The van der Waals surface area contributed by atoms with Crippen molar-refractivity contribution in [2.45, 2.75) is 161 Å². The van der Waals surface area contributed by atoms with Gasteiger partial charge in [0.05, 0.1) is 28.3 Å². The number of thiazole rings is 1. The lowest BCUT2D eigenvalue weighted by Gasteiger charge is -2.41. The molecule has 2 unspecified atom stereocenters. The molecule has 2 aliphatic heterocycles. The Balaban J connectivity index is 0.913. The van der Waals surface area contributed by atoms with Crippen molar-refractivity contribution in [2.75, 3.05) is 26.0 Å². The van der Waals surface area contributed by atoms with Crippen molar-refractivity contribution in [1.82, 2.24) is 52.0 Å². The third-order valence-electron chi connectivity index (χ3n) is 16.9. The number of nitrogens with zero attached hydrogens (tertiary/aromatic N) is 3. The van der Waals surface area contributed by atoms with Gasteiger partial charge in [0.25, 0.3) is 17.7 Å². The van der Waals surface area contributed by atoms with Crippen molar-refractivity contribution in [3.05, 3.63) is 129 Å². The van der Waals surface area contributed by atoms with Crippen LogP contribution in [0.3, 0.4) is 0 Å². The summed E-state index contributed by atoms with van der Waals surface area (Å²) in [6, 6.07) is 20.7. The molecule has 8 amide bonds. The molecule has 3 heterocycles. The molecule has 4 aliphatic rings. The molecule has 1 saturated heterocycles. The van der Waals surface area contributed by atoms with Gasteiger partial charge >= 0.3 is 0 Å². The Morgan fingerprint density at radius 3 is 1.79 bits per heavy atom. The minimum absolute atomic E-state index is 0.0215. The summed E-state index contributed by atoms with van der Waals surface area (Å²) in [5.74, 6) is -3.41. The standard InChI is InChI=1S/C63H80N12O8S/c1-34(65-8)53(76)71-50(62(2,3)4)60(83)75-33-41(31-48(75)57(80)69-45-23-15-19-36-17-11-13-21-43(36)45)67-54(77)39-26-27-49-46(29-39)70-61(84-49)73-55(78)38-25-24-37-30-47(56(79)68-44-22-14-18-35-16-10-12-20-42(35)44)74(32-40(37)28-38)59(82)51(63(5,6)7)72-58(81)52(64)66-9/h10-13,16-17,20-21,24-29,34,41,44-45,47-48,50-52,65-66H,14-15,18-19,22-23,30-33,64H2,1-9H3,(H,67,77)(H,68,79)(H,69,80)(H,71,76)(H,72,81)(H,70,73,78)/t34-,41-,44?,45+,47-,48-,50+,51?,52+/m0/s1. The number of nitrogens with two attached hydrogens (primary N) is 1. The highest BCUT2D eigenvalue weighted by atomic mass is 32.1. The van der Waals surface area contributed by atoms with E-state index >= 15 is 0 Å². The van der Waals surface area contributed by atoms with Gasteiger partial charge in [-0.15, -0.1) is 0 Å². The molecule has 20 nitrogen and oxygen atoms in total. The van der Waals surface area contributed by atoms with Gasteiger partial charge in [-0.25, -0.2) is 4.98 Å². The van der Waals surface area contributed by atoms with Crippen LogP contribution in [0.4, 0.5) is 5.13 Å². The van der Waals surface area contributed by atoms with Gasteiger partial charge in [0.15, 0.2) is 5.13 Å². The van der Waals surface area contributed by atoms with Crippen molar-refractivity contribution in [3.8, 4) is 0 Å². The number of fused-ring (bicyclic) bond motifs is 4. The highest BCUT2D eigenvalue weighted by Crippen LogP contribution is 2.35. The zero-order chi connectivity index (χ0) is 60.4. The first kappa shape index (κ1) is 61.0. The van der Waals surface area contributed by atoms with Crippen molar-refractivity contribution < 1.29 is 38.4 Å². The number of aromatic nitrogens is 1. The number of anilines is 1. The van der Waals surface area contributed by atoms with Crippen LogP contribution >= 0.6 is 11.3 Å². The number of likely N-dealkylation sites (tertiary alicyclic amines) is 1. The Labute approximate surface area is 495 Å². The summed E-state index contributed by atoms with van der Waals surface area (Å²) in [6.45, 7) is 12.8. The number of carbonyl (C=O) groups excluding carboxylic acids is 8. The predicted molar refractivity (Wildman–Crippen MR) is 322 cm³/mol. The summed E-state index contributed by atoms with van der Waals surface area (Å²) in [4.78, 5) is 121. The van der Waals surface area contributed by atoms with Gasteiger partial charge in [-0.2, -0.15) is 0 Å². The fraction of sp³-hybridized carbons (Fsp3) is 0.476. The molecule has 10 N–H and O–H groups in total. The third-order valence-corrected chi connectivity index (χ3v) is 17.8. The maximum Gasteiger partial charge on any atom is 0.257 e. The molecule has 84 heavy (non-hydrogen) atoms. The first-order chi connectivity index (χ1) is 39.9. The van der Waals surface area contributed by atoms with Crippen LogP contribution in [-0.4, -0.2) is 125 Å². The maximum absolute atomic E-state index is 14.9. The number of hydrogen-bond donors (Lipinski definition) is 9. The lowest BCUT2D eigenvalue weighted by Crippen LogP contribution is -2.63. The topological polar surface area (TPSA) is 278 Å². The SMILES string of the molecule is CN[C@@H](C)C(=O)N[C@H](C(=O)N1C[C@@H](NC(=O)c2ccc3sc(NC(=O)c4ccc5c(c4)CN(C(=O)C(NC(=O)[C@H](N)NC)C(C)(C)C)[C@H](C(=O)NC4CCCc6ccccc64)C5)nc3c2)C[C@H]1C(=O)N[C@@H]1CCCc2ccccc21)C(C)(C)C. The van der Waals surface area contributed by atoms with Crippen molar-refractivity contribution >= 4 is 73.9 Å². The molecular formula is C63H80N12O8S. The van der Waals surface area contributed by atoms with Crippen LogP contribution in [-0.2, 0) is 54.6 Å². The second-order valence-electron chi connectivity index (χ2n) is 24.9. The number of hydrogen-bond acceptors (Lipinski definition) is 13. The molecule has 1 fully saturated rings. The van der Waals surface area contributed by atoms with Crippen molar-refractivity contribution in [2.24, 2.45) is 16.6 Å². The molecular weight excluding hydrogens is 1080 g/mol.